The van der Waals surface area contributed by atoms with Crippen LogP contribution in [0.1, 0.15) is 51.6 Å². The van der Waals surface area contributed by atoms with Crippen molar-refractivity contribution in [2.24, 2.45) is 5.92 Å². The van der Waals surface area contributed by atoms with Gasteiger partial charge in [-0.2, -0.15) is 0 Å². The third-order valence-electron chi connectivity index (χ3n) is 5.21. The number of rotatable bonds is 9. The van der Waals surface area contributed by atoms with Gasteiger partial charge in [0.05, 0.1) is 24.9 Å². The van der Waals surface area contributed by atoms with Crippen molar-refractivity contribution in [1.82, 2.24) is 14.8 Å². The van der Waals surface area contributed by atoms with Crippen molar-refractivity contribution in [3.8, 4) is 0 Å². The second-order valence-corrected chi connectivity index (χ2v) is 7.08. The number of carbonyl (C=O) groups excluding carboxylic acids is 1. The largest absolute Gasteiger partial charge is 0.394 e. The Balaban J connectivity index is 1.95. The summed E-state index contributed by atoms with van der Waals surface area (Å²) in [5.41, 5.74) is 0.875. The van der Waals surface area contributed by atoms with Crippen LogP contribution >= 0.6 is 0 Å². The number of aliphatic hydroxyl groups excluding tert-OH is 1. The highest BCUT2D eigenvalue weighted by atomic mass is 16.3. The number of nitrogens with zero attached hydrogens (tertiary/aromatic N) is 3. The van der Waals surface area contributed by atoms with Gasteiger partial charge in [-0.25, -0.2) is 0 Å². The number of likely N-dealkylation sites (tertiary alicyclic amines) is 1. The van der Waals surface area contributed by atoms with Crippen LogP contribution in [0.2, 0.25) is 0 Å². The molecule has 1 unspecified atom stereocenters. The van der Waals surface area contributed by atoms with Gasteiger partial charge in [-0.1, -0.05) is 19.9 Å². The van der Waals surface area contributed by atoms with Crippen LogP contribution in [0.15, 0.2) is 24.4 Å². The van der Waals surface area contributed by atoms with Crippen molar-refractivity contribution in [2.45, 2.75) is 58.5 Å². The van der Waals surface area contributed by atoms with Crippen molar-refractivity contribution in [2.75, 3.05) is 26.2 Å². The van der Waals surface area contributed by atoms with Gasteiger partial charge in [0.15, 0.2) is 0 Å². The fraction of sp³-hybridized carbons (Fsp3) is 0.700. The molecule has 1 fully saturated rings. The second kappa shape index (κ2) is 10.5. The molecular formula is C20H33N3O2. The van der Waals surface area contributed by atoms with E-state index in [9.17, 15) is 9.90 Å². The molecule has 2 heterocycles. The summed E-state index contributed by atoms with van der Waals surface area (Å²) in [5, 5.41) is 9.70. The smallest absolute Gasteiger partial charge is 0.223 e. The zero-order valence-corrected chi connectivity index (χ0v) is 15.7. The van der Waals surface area contributed by atoms with Crippen LogP contribution in [0.25, 0.3) is 0 Å². The summed E-state index contributed by atoms with van der Waals surface area (Å²) in [6, 6.07) is 5.63. The average molecular weight is 348 g/mol. The van der Waals surface area contributed by atoms with Gasteiger partial charge in [0.2, 0.25) is 5.91 Å². The Hall–Kier alpha value is -1.46. The summed E-state index contributed by atoms with van der Waals surface area (Å²) in [4.78, 5) is 21.6. The number of amides is 1. The Morgan fingerprint density at radius 3 is 2.68 bits per heavy atom. The molecule has 5 nitrogen and oxygen atoms in total. The van der Waals surface area contributed by atoms with E-state index in [4.69, 9.17) is 0 Å². The van der Waals surface area contributed by atoms with E-state index < -0.39 is 0 Å². The van der Waals surface area contributed by atoms with E-state index in [2.05, 4.69) is 16.8 Å². The van der Waals surface area contributed by atoms with E-state index >= 15 is 0 Å². The highest BCUT2D eigenvalue weighted by Gasteiger charge is 2.27. The summed E-state index contributed by atoms with van der Waals surface area (Å²) in [7, 11) is 0. The fourth-order valence-electron chi connectivity index (χ4n) is 3.63. The highest BCUT2D eigenvalue weighted by molar-refractivity contribution is 5.76. The molecule has 1 aliphatic heterocycles. The molecule has 1 saturated heterocycles. The lowest BCUT2D eigenvalue weighted by atomic mass is 9.92. The van der Waals surface area contributed by atoms with E-state index in [1.165, 1.54) is 6.42 Å². The minimum Gasteiger partial charge on any atom is -0.394 e. The Morgan fingerprint density at radius 2 is 2.12 bits per heavy atom. The van der Waals surface area contributed by atoms with Crippen LogP contribution in [-0.2, 0) is 11.3 Å². The Kier molecular flexibility index (Phi) is 8.35. The number of hydrogen-bond acceptors (Lipinski definition) is 4. The van der Waals surface area contributed by atoms with E-state index in [0.717, 1.165) is 44.6 Å². The molecule has 0 aromatic carbocycles. The summed E-state index contributed by atoms with van der Waals surface area (Å²) in [5.74, 6) is 0.614. The van der Waals surface area contributed by atoms with E-state index in [1.807, 2.05) is 30.0 Å². The maximum atomic E-state index is 13.0. The first-order chi connectivity index (χ1) is 12.2. The molecule has 1 aliphatic rings. The van der Waals surface area contributed by atoms with Crippen LogP contribution in [-0.4, -0.2) is 58.1 Å². The van der Waals surface area contributed by atoms with E-state index in [0.29, 0.717) is 18.9 Å². The van der Waals surface area contributed by atoms with Gasteiger partial charge in [0.1, 0.15) is 0 Å². The summed E-state index contributed by atoms with van der Waals surface area (Å²) < 4.78 is 0. The predicted octanol–water partition coefficient (Wildman–Crippen LogP) is 2.69. The molecule has 0 spiro atoms. The number of aliphatic hydroxyl groups is 1. The third kappa shape index (κ3) is 6.08. The minimum atomic E-state index is -0.130. The van der Waals surface area contributed by atoms with Gasteiger partial charge in [-0.05, 0) is 63.4 Å². The Morgan fingerprint density at radius 1 is 1.36 bits per heavy atom. The zero-order chi connectivity index (χ0) is 18.1. The van der Waals surface area contributed by atoms with Gasteiger partial charge in [0, 0.05) is 12.6 Å². The molecule has 140 valence electrons. The molecule has 1 N–H and O–H groups in total. The lowest BCUT2D eigenvalue weighted by Gasteiger charge is -2.34. The number of carbonyl (C=O) groups is 1. The zero-order valence-electron chi connectivity index (χ0n) is 15.7. The van der Waals surface area contributed by atoms with Gasteiger partial charge in [-0.3, -0.25) is 9.78 Å². The lowest BCUT2D eigenvalue weighted by molar-refractivity contribution is -0.136. The molecular weight excluding hydrogens is 314 g/mol. The van der Waals surface area contributed by atoms with E-state index in [-0.39, 0.29) is 18.6 Å². The molecule has 1 aromatic rings. The first-order valence-corrected chi connectivity index (χ1v) is 9.70. The first-order valence-electron chi connectivity index (χ1n) is 9.70. The SMILES string of the molecule is CCCN1CCC(CC(=O)N(Cc2ccccn2)C(CC)CO)CC1. The van der Waals surface area contributed by atoms with Crippen LogP contribution in [0.4, 0.5) is 0 Å². The van der Waals surface area contributed by atoms with Crippen molar-refractivity contribution in [1.29, 1.82) is 0 Å². The molecule has 0 radical (unpaired) electrons. The van der Waals surface area contributed by atoms with Gasteiger partial charge in [-0.15, -0.1) is 0 Å². The first kappa shape index (κ1) is 19.9. The molecule has 2 rings (SSSR count). The molecule has 0 bridgehead atoms. The van der Waals surface area contributed by atoms with Gasteiger partial charge in [0.25, 0.3) is 0 Å². The van der Waals surface area contributed by atoms with Crippen LogP contribution < -0.4 is 0 Å². The molecule has 1 aromatic heterocycles. The number of pyridine rings is 1. The highest BCUT2D eigenvalue weighted by Crippen LogP contribution is 2.23. The van der Waals surface area contributed by atoms with Crippen molar-refractivity contribution < 1.29 is 9.90 Å². The normalized spacial score (nSPS) is 17.4. The van der Waals surface area contributed by atoms with Crippen molar-refractivity contribution in [3.63, 3.8) is 0 Å². The molecule has 0 aliphatic carbocycles. The van der Waals surface area contributed by atoms with Gasteiger partial charge < -0.3 is 14.9 Å². The molecule has 0 saturated carbocycles. The molecule has 25 heavy (non-hydrogen) atoms. The van der Waals surface area contributed by atoms with Crippen LogP contribution in [0.3, 0.4) is 0 Å². The monoisotopic (exact) mass is 347 g/mol. The van der Waals surface area contributed by atoms with Crippen molar-refractivity contribution >= 4 is 5.91 Å². The minimum absolute atomic E-state index is 0.00399. The van der Waals surface area contributed by atoms with Crippen molar-refractivity contribution in [3.05, 3.63) is 30.1 Å². The van der Waals surface area contributed by atoms with E-state index in [1.54, 1.807) is 6.20 Å². The maximum absolute atomic E-state index is 13.0. The van der Waals surface area contributed by atoms with Gasteiger partial charge >= 0.3 is 0 Å². The third-order valence-corrected chi connectivity index (χ3v) is 5.21. The standard InChI is InChI=1S/C20H33N3O2/c1-3-11-22-12-8-17(9-13-22)14-20(25)23(19(4-2)16-24)15-18-7-5-6-10-21-18/h5-7,10,17,19,24H,3-4,8-9,11-16H2,1-2H3. The summed E-state index contributed by atoms with van der Waals surface area (Å²) >= 11 is 0. The lowest BCUT2D eigenvalue weighted by Crippen LogP contribution is -2.43. The number of aromatic nitrogens is 1. The predicted molar refractivity (Wildman–Crippen MR) is 100 cm³/mol. The molecule has 5 heteroatoms. The number of piperidine rings is 1. The molecule has 1 atom stereocenters. The quantitative estimate of drug-likeness (QED) is 0.746. The Bertz CT molecular complexity index is 497. The summed E-state index contributed by atoms with van der Waals surface area (Å²) in [6.45, 7) is 8.08. The second-order valence-electron chi connectivity index (χ2n) is 7.08. The summed E-state index contributed by atoms with van der Waals surface area (Å²) in [6.07, 6.45) is 6.48. The van der Waals surface area contributed by atoms with Crippen LogP contribution in [0, 0.1) is 5.92 Å². The average Bonchev–Trinajstić information content (AvgIpc) is 2.64. The van der Waals surface area contributed by atoms with Crippen LogP contribution in [0.5, 0.6) is 0 Å². The maximum Gasteiger partial charge on any atom is 0.223 e. The molecule has 1 amide bonds. The number of hydrogen-bond donors (Lipinski definition) is 1. The topological polar surface area (TPSA) is 56.7 Å². The fourth-order valence-corrected chi connectivity index (χ4v) is 3.63. The Labute approximate surface area is 152 Å².